The number of carbonyl (C=O) groups excluding carboxylic acids is 1. The number of hydrogen-bond donors (Lipinski definition) is 1. The summed E-state index contributed by atoms with van der Waals surface area (Å²) in [4.78, 5) is 11.7. The van der Waals surface area contributed by atoms with Crippen molar-refractivity contribution in [2.45, 2.75) is 71.1 Å². The van der Waals surface area contributed by atoms with Gasteiger partial charge in [0.15, 0.2) is 0 Å². The first-order valence-electron chi connectivity index (χ1n) is 9.22. The highest BCUT2D eigenvalue weighted by atomic mass is 16.5. The fourth-order valence-corrected chi connectivity index (χ4v) is 2.52. The number of amides is 1. The van der Waals surface area contributed by atoms with Crippen LogP contribution in [0.2, 0.25) is 0 Å². The molecule has 0 radical (unpaired) electrons. The van der Waals surface area contributed by atoms with Gasteiger partial charge >= 0.3 is 0 Å². The Balaban J connectivity index is 2.02. The molecule has 1 amide bonds. The Kier molecular flexibility index (Phi) is 11.4. The number of unbranched alkanes of at least 4 members (excludes halogenated alkanes) is 8. The molecule has 0 saturated heterocycles. The van der Waals surface area contributed by atoms with E-state index in [2.05, 4.69) is 17.5 Å². The SMILES string of the molecule is CCCCCCCCCCCC(=O)N/N=C\c1ccc(OC)cc1. The van der Waals surface area contributed by atoms with Crippen molar-refractivity contribution in [3.63, 3.8) is 0 Å². The maximum atomic E-state index is 11.7. The Morgan fingerprint density at radius 1 is 1.00 bits per heavy atom. The number of rotatable bonds is 13. The maximum absolute atomic E-state index is 11.7. The number of benzene rings is 1. The van der Waals surface area contributed by atoms with Crippen LogP contribution in [0.3, 0.4) is 0 Å². The molecule has 1 rings (SSSR count). The van der Waals surface area contributed by atoms with Crippen molar-refractivity contribution in [3.8, 4) is 5.75 Å². The van der Waals surface area contributed by atoms with E-state index in [9.17, 15) is 4.79 Å². The molecule has 0 saturated carbocycles. The molecule has 0 bridgehead atoms. The third kappa shape index (κ3) is 10.0. The van der Waals surface area contributed by atoms with Crippen molar-refractivity contribution < 1.29 is 9.53 Å². The van der Waals surface area contributed by atoms with Crippen LogP contribution in [0.4, 0.5) is 0 Å². The summed E-state index contributed by atoms with van der Waals surface area (Å²) in [6, 6.07) is 7.53. The molecule has 0 heterocycles. The van der Waals surface area contributed by atoms with Crippen LogP contribution in [-0.2, 0) is 4.79 Å². The Morgan fingerprint density at radius 3 is 2.17 bits per heavy atom. The Morgan fingerprint density at radius 2 is 1.58 bits per heavy atom. The maximum Gasteiger partial charge on any atom is 0.240 e. The van der Waals surface area contributed by atoms with Crippen LogP contribution in [0, 0.1) is 0 Å². The molecule has 0 spiro atoms. The Bertz CT molecular complexity index is 469. The average molecular weight is 332 g/mol. The minimum Gasteiger partial charge on any atom is -0.497 e. The van der Waals surface area contributed by atoms with Gasteiger partial charge in [-0.25, -0.2) is 5.43 Å². The van der Waals surface area contributed by atoms with Gasteiger partial charge < -0.3 is 4.74 Å². The van der Waals surface area contributed by atoms with Gasteiger partial charge in [0.1, 0.15) is 5.75 Å². The van der Waals surface area contributed by atoms with Crippen LogP contribution in [0.25, 0.3) is 0 Å². The van der Waals surface area contributed by atoms with Crippen molar-refractivity contribution in [1.82, 2.24) is 5.43 Å². The van der Waals surface area contributed by atoms with Gasteiger partial charge in [0.2, 0.25) is 5.91 Å². The standard InChI is InChI=1S/C20H32N2O2/c1-3-4-5-6-7-8-9-10-11-12-20(23)22-21-17-18-13-15-19(24-2)16-14-18/h13-17H,3-12H2,1-2H3,(H,22,23)/b21-17-. The Hall–Kier alpha value is -1.84. The topological polar surface area (TPSA) is 50.7 Å². The van der Waals surface area contributed by atoms with Crippen LogP contribution in [-0.4, -0.2) is 19.2 Å². The Labute approximate surface area is 146 Å². The first-order valence-corrected chi connectivity index (χ1v) is 9.22. The molecule has 0 atom stereocenters. The van der Waals surface area contributed by atoms with Gasteiger partial charge in [-0.2, -0.15) is 5.10 Å². The lowest BCUT2D eigenvalue weighted by Gasteiger charge is -2.02. The molecular weight excluding hydrogens is 300 g/mol. The van der Waals surface area contributed by atoms with Gasteiger partial charge in [-0.15, -0.1) is 0 Å². The van der Waals surface area contributed by atoms with E-state index < -0.39 is 0 Å². The van der Waals surface area contributed by atoms with E-state index in [0.29, 0.717) is 6.42 Å². The van der Waals surface area contributed by atoms with E-state index in [4.69, 9.17) is 4.74 Å². The van der Waals surface area contributed by atoms with Crippen molar-refractivity contribution in [2.75, 3.05) is 7.11 Å². The fraction of sp³-hybridized carbons (Fsp3) is 0.600. The highest BCUT2D eigenvalue weighted by Gasteiger charge is 1.99. The highest BCUT2D eigenvalue weighted by Crippen LogP contribution is 2.11. The van der Waals surface area contributed by atoms with Crippen molar-refractivity contribution >= 4 is 12.1 Å². The molecule has 0 fully saturated rings. The number of methoxy groups -OCH3 is 1. The van der Waals surface area contributed by atoms with Crippen LogP contribution >= 0.6 is 0 Å². The molecule has 1 N–H and O–H groups in total. The number of hydrogen-bond acceptors (Lipinski definition) is 3. The molecule has 134 valence electrons. The second-order valence-electron chi connectivity index (χ2n) is 6.14. The second kappa shape index (κ2) is 13.6. The summed E-state index contributed by atoms with van der Waals surface area (Å²) in [7, 11) is 1.63. The molecule has 0 aliphatic carbocycles. The van der Waals surface area contributed by atoms with Gasteiger partial charge in [-0.1, -0.05) is 58.3 Å². The van der Waals surface area contributed by atoms with E-state index in [0.717, 1.165) is 24.2 Å². The molecule has 0 aromatic heterocycles. The van der Waals surface area contributed by atoms with Gasteiger partial charge in [-0.05, 0) is 36.2 Å². The van der Waals surface area contributed by atoms with E-state index >= 15 is 0 Å². The molecule has 24 heavy (non-hydrogen) atoms. The summed E-state index contributed by atoms with van der Waals surface area (Å²) in [6.07, 6.45) is 13.5. The molecule has 4 heteroatoms. The summed E-state index contributed by atoms with van der Waals surface area (Å²) in [5.74, 6) is 0.796. The van der Waals surface area contributed by atoms with Crippen LogP contribution in [0.5, 0.6) is 5.75 Å². The van der Waals surface area contributed by atoms with E-state index in [-0.39, 0.29) is 5.91 Å². The highest BCUT2D eigenvalue weighted by molar-refractivity contribution is 5.82. The lowest BCUT2D eigenvalue weighted by Crippen LogP contribution is -2.16. The van der Waals surface area contributed by atoms with Crippen LogP contribution in [0.15, 0.2) is 29.4 Å². The predicted octanol–water partition coefficient (Wildman–Crippen LogP) is 5.07. The zero-order valence-corrected chi connectivity index (χ0v) is 15.2. The number of nitrogens with zero attached hydrogens (tertiary/aromatic N) is 1. The summed E-state index contributed by atoms with van der Waals surface area (Å²) >= 11 is 0. The molecule has 0 unspecified atom stereocenters. The number of hydrazone groups is 1. The summed E-state index contributed by atoms with van der Waals surface area (Å²) in [5, 5.41) is 3.99. The monoisotopic (exact) mass is 332 g/mol. The molecule has 0 aliphatic heterocycles. The third-order valence-corrected chi connectivity index (χ3v) is 4.03. The molecule has 4 nitrogen and oxygen atoms in total. The number of ether oxygens (including phenoxy) is 1. The van der Waals surface area contributed by atoms with Gasteiger partial charge in [-0.3, -0.25) is 4.79 Å². The normalized spacial score (nSPS) is 10.9. The predicted molar refractivity (Wildman–Crippen MR) is 101 cm³/mol. The summed E-state index contributed by atoms with van der Waals surface area (Å²) in [6.45, 7) is 2.24. The van der Waals surface area contributed by atoms with Crippen molar-refractivity contribution in [3.05, 3.63) is 29.8 Å². The second-order valence-corrected chi connectivity index (χ2v) is 6.14. The van der Waals surface area contributed by atoms with E-state index in [1.165, 1.54) is 44.9 Å². The van der Waals surface area contributed by atoms with Gasteiger partial charge in [0.05, 0.1) is 13.3 Å². The smallest absolute Gasteiger partial charge is 0.240 e. The molecule has 1 aromatic rings. The van der Waals surface area contributed by atoms with Crippen LogP contribution in [0.1, 0.15) is 76.7 Å². The van der Waals surface area contributed by atoms with Crippen LogP contribution < -0.4 is 10.2 Å². The first-order chi connectivity index (χ1) is 11.8. The lowest BCUT2D eigenvalue weighted by atomic mass is 10.1. The number of carbonyl (C=O) groups is 1. The fourth-order valence-electron chi connectivity index (χ4n) is 2.52. The summed E-state index contributed by atoms with van der Waals surface area (Å²) < 4.78 is 5.09. The van der Waals surface area contributed by atoms with Gasteiger partial charge in [0.25, 0.3) is 0 Å². The van der Waals surface area contributed by atoms with Crippen molar-refractivity contribution in [1.29, 1.82) is 0 Å². The van der Waals surface area contributed by atoms with Crippen molar-refractivity contribution in [2.24, 2.45) is 5.10 Å². The molecule has 0 aliphatic rings. The van der Waals surface area contributed by atoms with E-state index in [1.807, 2.05) is 24.3 Å². The minimum atomic E-state index is -0.0114. The average Bonchev–Trinajstić information content (AvgIpc) is 2.61. The van der Waals surface area contributed by atoms with Gasteiger partial charge in [0, 0.05) is 6.42 Å². The quantitative estimate of drug-likeness (QED) is 0.311. The molecule has 1 aromatic carbocycles. The zero-order chi connectivity index (χ0) is 17.5. The largest absolute Gasteiger partial charge is 0.497 e. The molecular formula is C20H32N2O2. The lowest BCUT2D eigenvalue weighted by molar-refractivity contribution is -0.121. The third-order valence-electron chi connectivity index (χ3n) is 4.03. The van der Waals surface area contributed by atoms with E-state index in [1.54, 1.807) is 13.3 Å². The first kappa shape index (κ1) is 20.2. The number of nitrogens with one attached hydrogen (secondary N) is 1. The zero-order valence-electron chi connectivity index (χ0n) is 15.2. The summed E-state index contributed by atoms with van der Waals surface area (Å²) in [5.41, 5.74) is 3.51. The minimum absolute atomic E-state index is 0.0114.